The summed E-state index contributed by atoms with van der Waals surface area (Å²) < 4.78 is 0. The van der Waals surface area contributed by atoms with Crippen molar-refractivity contribution in [2.24, 2.45) is 0 Å². The van der Waals surface area contributed by atoms with Gasteiger partial charge in [0.2, 0.25) is 0 Å². The zero-order valence-electron chi connectivity index (χ0n) is 10.1. The van der Waals surface area contributed by atoms with Gasteiger partial charge >= 0.3 is 0 Å². The quantitative estimate of drug-likeness (QED) is 0.774. The summed E-state index contributed by atoms with van der Waals surface area (Å²) in [6.45, 7) is 8.78. The molecule has 1 aromatic heterocycles. The second-order valence-corrected chi connectivity index (χ2v) is 4.00. The standard InChI is InChI=1S/C13H22N2/c1-4-13(5-2,11-14-6-3)12-7-9-15-10-8-12/h7-10,14H,4-6,11H2,1-3H3. The summed E-state index contributed by atoms with van der Waals surface area (Å²) in [5.74, 6) is 0. The molecule has 0 aliphatic heterocycles. The van der Waals surface area contributed by atoms with Crippen molar-refractivity contribution in [2.45, 2.75) is 39.0 Å². The molecule has 2 heteroatoms. The normalized spacial score (nSPS) is 11.7. The number of nitrogens with one attached hydrogen (secondary N) is 1. The molecule has 0 aliphatic rings. The Morgan fingerprint density at radius 2 is 1.73 bits per heavy atom. The van der Waals surface area contributed by atoms with E-state index < -0.39 is 0 Å². The summed E-state index contributed by atoms with van der Waals surface area (Å²) in [5, 5.41) is 3.47. The fraction of sp³-hybridized carbons (Fsp3) is 0.615. The lowest BCUT2D eigenvalue weighted by atomic mass is 9.76. The molecule has 0 unspecified atom stereocenters. The summed E-state index contributed by atoms with van der Waals surface area (Å²) in [6.07, 6.45) is 6.11. The first kappa shape index (κ1) is 12.2. The first-order valence-corrected chi connectivity index (χ1v) is 5.90. The van der Waals surface area contributed by atoms with Crippen LogP contribution >= 0.6 is 0 Å². The fourth-order valence-electron chi connectivity index (χ4n) is 2.08. The lowest BCUT2D eigenvalue weighted by Crippen LogP contribution is -2.37. The van der Waals surface area contributed by atoms with E-state index in [0.717, 1.165) is 13.1 Å². The van der Waals surface area contributed by atoms with E-state index in [1.165, 1.54) is 18.4 Å². The van der Waals surface area contributed by atoms with E-state index in [4.69, 9.17) is 0 Å². The maximum absolute atomic E-state index is 4.09. The minimum absolute atomic E-state index is 0.277. The van der Waals surface area contributed by atoms with Crippen LogP contribution < -0.4 is 5.32 Å². The monoisotopic (exact) mass is 206 g/mol. The van der Waals surface area contributed by atoms with Gasteiger partial charge in [0.15, 0.2) is 0 Å². The predicted molar refractivity (Wildman–Crippen MR) is 65.0 cm³/mol. The van der Waals surface area contributed by atoms with E-state index in [1.54, 1.807) is 0 Å². The van der Waals surface area contributed by atoms with Gasteiger partial charge in [-0.05, 0) is 37.1 Å². The third-order valence-corrected chi connectivity index (χ3v) is 3.36. The summed E-state index contributed by atoms with van der Waals surface area (Å²) >= 11 is 0. The third-order valence-electron chi connectivity index (χ3n) is 3.36. The van der Waals surface area contributed by atoms with Gasteiger partial charge in [0, 0.05) is 24.4 Å². The van der Waals surface area contributed by atoms with Crippen molar-refractivity contribution >= 4 is 0 Å². The molecule has 0 fully saturated rings. The lowest BCUT2D eigenvalue weighted by molar-refractivity contribution is 0.372. The van der Waals surface area contributed by atoms with Crippen LogP contribution in [-0.2, 0) is 5.41 Å². The SMILES string of the molecule is CCNCC(CC)(CC)c1ccncc1. The van der Waals surface area contributed by atoms with Crippen molar-refractivity contribution in [3.05, 3.63) is 30.1 Å². The molecule has 2 nitrogen and oxygen atoms in total. The Labute approximate surface area is 93.1 Å². The molecule has 0 aliphatic carbocycles. The second-order valence-electron chi connectivity index (χ2n) is 4.00. The molecule has 1 N–H and O–H groups in total. The minimum atomic E-state index is 0.277. The number of likely N-dealkylation sites (N-methyl/N-ethyl adjacent to an activating group) is 1. The smallest absolute Gasteiger partial charge is 0.0270 e. The summed E-state index contributed by atoms with van der Waals surface area (Å²) in [5.41, 5.74) is 1.68. The number of rotatable bonds is 6. The Balaban J connectivity index is 2.89. The molecule has 0 radical (unpaired) electrons. The van der Waals surface area contributed by atoms with Gasteiger partial charge in [-0.2, -0.15) is 0 Å². The molecule has 0 saturated carbocycles. The van der Waals surface area contributed by atoms with Crippen molar-refractivity contribution in [3.63, 3.8) is 0 Å². The predicted octanol–water partition coefficient (Wildman–Crippen LogP) is 2.75. The van der Waals surface area contributed by atoms with Crippen LogP contribution in [-0.4, -0.2) is 18.1 Å². The van der Waals surface area contributed by atoms with Gasteiger partial charge < -0.3 is 5.32 Å². The minimum Gasteiger partial charge on any atom is -0.316 e. The molecule has 1 heterocycles. The molecular formula is C13H22N2. The van der Waals surface area contributed by atoms with Crippen molar-refractivity contribution in [1.29, 1.82) is 0 Å². The number of nitrogens with zero attached hydrogens (tertiary/aromatic N) is 1. The molecule has 15 heavy (non-hydrogen) atoms. The van der Waals surface area contributed by atoms with E-state index in [1.807, 2.05) is 12.4 Å². The topological polar surface area (TPSA) is 24.9 Å². The first-order chi connectivity index (χ1) is 7.29. The van der Waals surface area contributed by atoms with Crippen LogP contribution in [0.3, 0.4) is 0 Å². The van der Waals surface area contributed by atoms with E-state index in [0.29, 0.717) is 0 Å². The summed E-state index contributed by atoms with van der Waals surface area (Å²) in [7, 11) is 0. The highest BCUT2D eigenvalue weighted by Crippen LogP contribution is 2.30. The third kappa shape index (κ3) is 2.78. The highest BCUT2D eigenvalue weighted by atomic mass is 14.9. The number of aromatic nitrogens is 1. The molecule has 1 rings (SSSR count). The van der Waals surface area contributed by atoms with Gasteiger partial charge in [-0.25, -0.2) is 0 Å². The van der Waals surface area contributed by atoms with Crippen LogP contribution in [0.2, 0.25) is 0 Å². The van der Waals surface area contributed by atoms with Crippen LogP contribution in [0.25, 0.3) is 0 Å². The van der Waals surface area contributed by atoms with Crippen molar-refractivity contribution < 1.29 is 0 Å². The molecule has 0 bridgehead atoms. The van der Waals surface area contributed by atoms with E-state index >= 15 is 0 Å². The van der Waals surface area contributed by atoms with Gasteiger partial charge in [0.1, 0.15) is 0 Å². The van der Waals surface area contributed by atoms with Gasteiger partial charge in [0.05, 0.1) is 0 Å². The number of hydrogen-bond acceptors (Lipinski definition) is 2. The molecular weight excluding hydrogens is 184 g/mol. The van der Waals surface area contributed by atoms with E-state index in [-0.39, 0.29) is 5.41 Å². The highest BCUT2D eigenvalue weighted by molar-refractivity contribution is 5.23. The fourth-order valence-corrected chi connectivity index (χ4v) is 2.08. The van der Waals surface area contributed by atoms with E-state index in [2.05, 4.69) is 43.2 Å². The van der Waals surface area contributed by atoms with E-state index in [9.17, 15) is 0 Å². The average molecular weight is 206 g/mol. The molecule has 0 amide bonds. The molecule has 0 saturated heterocycles. The average Bonchev–Trinajstić information content (AvgIpc) is 2.33. The van der Waals surface area contributed by atoms with Gasteiger partial charge in [-0.1, -0.05) is 20.8 Å². The summed E-state index contributed by atoms with van der Waals surface area (Å²) in [6, 6.07) is 4.29. The van der Waals surface area contributed by atoms with Gasteiger partial charge in [-0.15, -0.1) is 0 Å². The first-order valence-electron chi connectivity index (χ1n) is 5.90. The molecule has 0 atom stereocenters. The van der Waals surface area contributed by atoms with Gasteiger partial charge in [-0.3, -0.25) is 4.98 Å². The largest absolute Gasteiger partial charge is 0.316 e. The second kappa shape index (κ2) is 5.86. The Morgan fingerprint density at radius 3 is 2.20 bits per heavy atom. The maximum Gasteiger partial charge on any atom is 0.0270 e. The molecule has 0 spiro atoms. The van der Waals surface area contributed by atoms with Crippen molar-refractivity contribution in [2.75, 3.05) is 13.1 Å². The molecule has 1 aromatic rings. The Morgan fingerprint density at radius 1 is 1.13 bits per heavy atom. The zero-order chi connectivity index (χ0) is 11.1. The molecule has 84 valence electrons. The van der Waals surface area contributed by atoms with Crippen LogP contribution in [0.15, 0.2) is 24.5 Å². The lowest BCUT2D eigenvalue weighted by Gasteiger charge is -2.32. The van der Waals surface area contributed by atoms with Gasteiger partial charge in [0.25, 0.3) is 0 Å². The summed E-state index contributed by atoms with van der Waals surface area (Å²) in [4.78, 5) is 4.09. The molecule has 0 aromatic carbocycles. The van der Waals surface area contributed by atoms with Crippen molar-refractivity contribution in [3.8, 4) is 0 Å². The Bertz CT molecular complexity index is 265. The Kier molecular flexibility index (Phi) is 4.76. The van der Waals surface area contributed by atoms with Crippen molar-refractivity contribution in [1.82, 2.24) is 10.3 Å². The number of pyridine rings is 1. The zero-order valence-corrected chi connectivity index (χ0v) is 10.1. The Hall–Kier alpha value is -0.890. The van der Waals surface area contributed by atoms with Crippen LogP contribution in [0.4, 0.5) is 0 Å². The van der Waals surface area contributed by atoms with Crippen LogP contribution in [0.5, 0.6) is 0 Å². The van der Waals surface area contributed by atoms with Crippen LogP contribution in [0.1, 0.15) is 39.2 Å². The maximum atomic E-state index is 4.09. The highest BCUT2D eigenvalue weighted by Gasteiger charge is 2.27. The van der Waals surface area contributed by atoms with Crippen LogP contribution in [0, 0.1) is 0 Å². The number of hydrogen-bond donors (Lipinski definition) is 1.